The van der Waals surface area contributed by atoms with Gasteiger partial charge in [0.15, 0.2) is 0 Å². The summed E-state index contributed by atoms with van der Waals surface area (Å²) in [6.45, 7) is 6.12. The molecule has 19 heavy (non-hydrogen) atoms. The second-order valence-corrected chi connectivity index (χ2v) is 5.42. The Morgan fingerprint density at radius 1 is 1.32 bits per heavy atom. The first-order valence-electron chi connectivity index (χ1n) is 7.49. The minimum atomic E-state index is -0.0756. The number of rotatable bonds is 6. The lowest BCUT2D eigenvalue weighted by Gasteiger charge is -2.36. The van der Waals surface area contributed by atoms with Crippen molar-refractivity contribution < 1.29 is 4.39 Å². The van der Waals surface area contributed by atoms with Gasteiger partial charge in [0.05, 0.1) is 0 Å². The predicted molar refractivity (Wildman–Crippen MR) is 77.6 cm³/mol. The Kier molecular flexibility index (Phi) is 5.80. The van der Waals surface area contributed by atoms with E-state index in [1.807, 2.05) is 12.1 Å². The van der Waals surface area contributed by atoms with Gasteiger partial charge in [-0.1, -0.05) is 31.5 Å². The molecule has 1 N–H and O–H groups in total. The number of piperidine rings is 1. The second kappa shape index (κ2) is 7.61. The van der Waals surface area contributed by atoms with Gasteiger partial charge in [0.2, 0.25) is 0 Å². The molecule has 106 valence electrons. The van der Waals surface area contributed by atoms with Gasteiger partial charge in [-0.3, -0.25) is 4.90 Å². The van der Waals surface area contributed by atoms with Crippen LogP contribution in [0.25, 0.3) is 0 Å². The summed E-state index contributed by atoms with van der Waals surface area (Å²) in [5.41, 5.74) is 0.824. The first-order valence-corrected chi connectivity index (χ1v) is 7.49. The summed E-state index contributed by atoms with van der Waals surface area (Å²) >= 11 is 0. The molecule has 1 unspecified atom stereocenters. The standard InChI is InChI=1S/C16H25FN2/c1-2-10-18-12-15-8-5-6-11-19(15)13-14-7-3-4-9-16(14)17/h3-4,7,9,15,18H,2,5-6,8,10-13H2,1H3. The Hall–Kier alpha value is -0.930. The summed E-state index contributed by atoms with van der Waals surface area (Å²) in [6, 6.07) is 7.70. The number of likely N-dealkylation sites (tertiary alicyclic amines) is 1. The normalized spacial score (nSPS) is 20.6. The quantitative estimate of drug-likeness (QED) is 0.794. The van der Waals surface area contributed by atoms with Gasteiger partial charge >= 0.3 is 0 Å². The van der Waals surface area contributed by atoms with Crippen molar-refractivity contribution in [2.45, 2.75) is 45.2 Å². The molecule has 0 saturated carbocycles. The van der Waals surface area contributed by atoms with Crippen LogP contribution in [0, 0.1) is 5.82 Å². The molecule has 2 rings (SSSR count). The minimum absolute atomic E-state index is 0.0756. The fourth-order valence-corrected chi connectivity index (χ4v) is 2.79. The van der Waals surface area contributed by atoms with Gasteiger partial charge in [-0.25, -0.2) is 4.39 Å². The molecule has 0 aliphatic carbocycles. The smallest absolute Gasteiger partial charge is 0.127 e. The molecule has 0 aromatic heterocycles. The van der Waals surface area contributed by atoms with E-state index in [1.165, 1.54) is 25.7 Å². The van der Waals surface area contributed by atoms with Crippen molar-refractivity contribution in [2.24, 2.45) is 0 Å². The molecule has 0 spiro atoms. The van der Waals surface area contributed by atoms with Crippen molar-refractivity contribution in [3.05, 3.63) is 35.6 Å². The van der Waals surface area contributed by atoms with Crippen LogP contribution in [0.5, 0.6) is 0 Å². The number of nitrogens with zero attached hydrogens (tertiary/aromatic N) is 1. The van der Waals surface area contributed by atoms with E-state index in [9.17, 15) is 4.39 Å². The molecule has 1 aromatic rings. The van der Waals surface area contributed by atoms with Crippen LogP contribution >= 0.6 is 0 Å². The van der Waals surface area contributed by atoms with Crippen molar-refractivity contribution in [2.75, 3.05) is 19.6 Å². The summed E-state index contributed by atoms with van der Waals surface area (Å²) in [4.78, 5) is 2.44. The van der Waals surface area contributed by atoms with Crippen LogP contribution in [-0.4, -0.2) is 30.6 Å². The SMILES string of the molecule is CCCNCC1CCCCN1Cc1ccccc1F. The maximum absolute atomic E-state index is 13.7. The lowest BCUT2D eigenvalue weighted by Crippen LogP contribution is -2.45. The van der Waals surface area contributed by atoms with E-state index in [4.69, 9.17) is 0 Å². The minimum Gasteiger partial charge on any atom is -0.315 e. The summed E-state index contributed by atoms with van der Waals surface area (Å²) < 4.78 is 13.7. The number of hydrogen-bond donors (Lipinski definition) is 1. The molecule has 1 aliphatic heterocycles. The van der Waals surface area contributed by atoms with Gasteiger partial charge in [0.1, 0.15) is 5.82 Å². The third-order valence-electron chi connectivity index (χ3n) is 3.89. The molecule has 1 aliphatic rings. The second-order valence-electron chi connectivity index (χ2n) is 5.42. The number of hydrogen-bond acceptors (Lipinski definition) is 2. The monoisotopic (exact) mass is 264 g/mol. The van der Waals surface area contributed by atoms with Gasteiger partial charge in [0, 0.05) is 24.7 Å². The zero-order chi connectivity index (χ0) is 13.5. The summed E-state index contributed by atoms with van der Waals surface area (Å²) in [7, 11) is 0. The molecular formula is C16H25FN2. The molecule has 0 radical (unpaired) electrons. The van der Waals surface area contributed by atoms with Crippen LogP contribution in [0.15, 0.2) is 24.3 Å². The van der Waals surface area contributed by atoms with E-state index in [2.05, 4.69) is 17.1 Å². The summed E-state index contributed by atoms with van der Waals surface area (Å²) in [5, 5.41) is 3.50. The third-order valence-corrected chi connectivity index (χ3v) is 3.89. The van der Waals surface area contributed by atoms with Crippen LogP contribution in [0.1, 0.15) is 38.2 Å². The van der Waals surface area contributed by atoms with E-state index in [0.29, 0.717) is 6.04 Å². The fraction of sp³-hybridized carbons (Fsp3) is 0.625. The largest absolute Gasteiger partial charge is 0.315 e. The maximum atomic E-state index is 13.7. The Morgan fingerprint density at radius 2 is 2.16 bits per heavy atom. The zero-order valence-corrected chi connectivity index (χ0v) is 11.9. The van der Waals surface area contributed by atoms with E-state index in [0.717, 1.165) is 31.7 Å². The molecular weight excluding hydrogens is 239 g/mol. The van der Waals surface area contributed by atoms with E-state index in [1.54, 1.807) is 12.1 Å². The summed E-state index contributed by atoms with van der Waals surface area (Å²) in [5.74, 6) is -0.0756. The number of nitrogens with one attached hydrogen (secondary N) is 1. The van der Waals surface area contributed by atoms with E-state index in [-0.39, 0.29) is 5.82 Å². The number of benzene rings is 1. The van der Waals surface area contributed by atoms with Crippen molar-refractivity contribution in [1.29, 1.82) is 0 Å². The van der Waals surface area contributed by atoms with Crippen molar-refractivity contribution in [1.82, 2.24) is 10.2 Å². The first-order chi connectivity index (χ1) is 9.31. The van der Waals surface area contributed by atoms with Gasteiger partial charge in [-0.2, -0.15) is 0 Å². The Morgan fingerprint density at radius 3 is 2.95 bits per heavy atom. The highest BCUT2D eigenvalue weighted by atomic mass is 19.1. The highest BCUT2D eigenvalue weighted by Crippen LogP contribution is 2.20. The molecule has 1 aromatic carbocycles. The van der Waals surface area contributed by atoms with Crippen LogP contribution in [-0.2, 0) is 6.54 Å². The molecule has 1 heterocycles. The van der Waals surface area contributed by atoms with E-state index < -0.39 is 0 Å². The van der Waals surface area contributed by atoms with Crippen LogP contribution in [0.3, 0.4) is 0 Å². The zero-order valence-electron chi connectivity index (χ0n) is 11.9. The van der Waals surface area contributed by atoms with Gasteiger partial charge in [-0.15, -0.1) is 0 Å². The molecule has 1 saturated heterocycles. The molecule has 1 fully saturated rings. The maximum Gasteiger partial charge on any atom is 0.127 e. The molecule has 0 amide bonds. The highest BCUT2D eigenvalue weighted by Gasteiger charge is 2.22. The topological polar surface area (TPSA) is 15.3 Å². The lowest BCUT2D eigenvalue weighted by atomic mass is 10.0. The molecule has 1 atom stereocenters. The molecule has 0 bridgehead atoms. The predicted octanol–water partition coefficient (Wildman–Crippen LogP) is 3.18. The average Bonchev–Trinajstić information content (AvgIpc) is 2.43. The average molecular weight is 264 g/mol. The van der Waals surface area contributed by atoms with Gasteiger partial charge in [0.25, 0.3) is 0 Å². The molecule has 3 heteroatoms. The van der Waals surface area contributed by atoms with Gasteiger partial charge < -0.3 is 5.32 Å². The Labute approximate surface area is 116 Å². The highest BCUT2D eigenvalue weighted by molar-refractivity contribution is 5.17. The van der Waals surface area contributed by atoms with Crippen LogP contribution in [0.2, 0.25) is 0 Å². The Bertz CT molecular complexity index is 381. The Balaban J connectivity index is 1.93. The van der Waals surface area contributed by atoms with Gasteiger partial charge in [-0.05, 0) is 38.4 Å². The van der Waals surface area contributed by atoms with Crippen LogP contribution < -0.4 is 5.32 Å². The van der Waals surface area contributed by atoms with Crippen molar-refractivity contribution >= 4 is 0 Å². The lowest BCUT2D eigenvalue weighted by molar-refractivity contribution is 0.136. The fourth-order valence-electron chi connectivity index (χ4n) is 2.79. The van der Waals surface area contributed by atoms with Crippen molar-refractivity contribution in [3.63, 3.8) is 0 Å². The van der Waals surface area contributed by atoms with Crippen LogP contribution in [0.4, 0.5) is 4.39 Å². The van der Waals surface area contributed by atoms with E-state index >= 15 is 0 Å². The summed E-state index contributed by atoms with van der Waals surface area (Å²) in [6.07, 6.45) is 4.93. The molecule has 2 nitrogen and oxygen atoms in total. The third kappa shape index (κ3) is 4.29. The first kappa shape index (κ1) is 14.5. The van der Waals surface area contributed by atoms with Crippen molar-refractivity contribution in [3.8, 4) is 0 Å². The number of halogens is 1.